The Labute approximate surface area is 142 Å². The largest absolute Gasteiger partial charge is 0.486 e. The van der Waals surface area contributed by atoms with E-state index in [9.17, 15) is 4.79 Å². The van der Waals surface area contributed by atoms with E-state index in [1.807, 2.05) is 29.2 Å². The van der Waals surface area contributed by atoms with E-state index in [0.717, 1.165) is 63.6 Å². The van der Waals surface area contributed by atoms with Crippen LogP contribution in [0.25, 0.3) is 0 Å². The Morgan fingerprint density at radius 2 is 1.96 bits per heavy atom. The second-order valence-electron chi connectivity index (χ2n) is 6.77. The van der Waals surface area contributed by atoms with Gasteiger partial charge in [0.25, 0.3) is 0 Å². The fourth-order valence-electron chi connectivity index (χ4n) is 3.71. The lowest BCUT2D eigenvalue weighted by Gasteiger charge is -2.38. The molecule has 0 radical (unpaired) electrons. The van der Waals surface area contributed by atoms with Gasteiger partial charge in [0.2, 0.25) is 5.91 Å². The van der Waals surface area contributed by atoms with Crippen molar-refractivity contribution in [2.75, 3.05) is 45.9 Å². The number of ether oxygens (including phenoxy) is 2. The van der Waals surface area contributed by atoms with E-state index in [1.54, 1.807) is 0 Å². The monoisotopic (exact) mass is 331 g/mol. The lowest BCUT2D eigenvalue weighted by molar-refractivity contribution is -0.135. The molecule has 1 amide bonds. The van der Waals surface area contributed by atoms with Crippen molar-refractivity contribution in [3.8, 4) is 11.5 Å². The van der Waals surface area contributed by atoms with Crippen LogP contribution in [-0.2, 0) is 4.79 Å². The molecular formula is C18H25N3O3. The first-order chi connectivity index (χ1) is 11.8. The van der Waals surface area contributed by atoms with Crippen LogP contribution in [0.15, 0.2) is 24.3 Å². The zero-order chi connectivity index (χ0) is 16.4. The van der Waals surface area contributed by atoms with Crippen LogP contribution in [0, 0.1) is 0 Å². The third-order valence-corrected chi connectivity index (χ3v) is 5.07. The number of nitrogens with one attached hydrogen (secondary N) is 1. The number of carbonyl (C=O) groups excluding carboxylic acids is 1. The van der Waals surface area contributed by atoms with E-state index in [0.29, 0.717) is 6.61 Å². The van der Waals surface area contributed by atoms with Gasteiger partial charge in [-0.1, -0.05) is 12.1 Å². The van der Waals surface area contributed by atoms with Crippen LogP contribution in [0.2, 0.25) is 0 Å². The third-order valence-electron chi connectivity index (χ3n) is 5.07. The molecule has 0 aliphatic carbocycles. The number of para-hydroxylation sites is 2. The number of nitrogens with zero attached hydrogens (tertiary/aromatic N) is 2. The summed E-state index contributed by atoms with van der Waals surface area (Å²) in [5.74, 6) is 1.93. The van der Waals surface area contributed by atoms with Crippen molar-refractivity contribution in [3.63, 3.8) is 0 Å². The Bertz CT molecular complexity index is 581. The summed E-state index contributed by atoms with van der Waals surface area (Å²) >= 11 is 0. The first-order valence-electron chi connectivity index (χ1n) is 8.92. The molecule has 0 saturated carbocycles. The van der Waals surface area contributed by atoms with Gasteiger partial charge in [-0.2, -0.15) is 0 Å². The number of amides is 1. The minimum absolute atomic E-state index is 0.0446. The van der Waals surface area contributed by atoms with Crippen LogP contribution in [0.4, 0.5) is 0 Å². The number of rotatable bonds is 3. The van der Waals surface area contributed by atoms with Crippen molar-refractivity contribution >= 4 is 5.91 Å². The van der Waals surface area contributed by atoms with Gasteiger partial charge in [0, 0.05) is 32.7 Å². The van der Waals surface area contributed by atoms with Crippen molar-refractivity contribution in [2.45, 2.75) is 25.0 Å². The highest BCUT2D eigenvalue weighted by Gasteiger charge is 2.30. The van der Waals surface area contributed by atoms with E-state index in [4.69, 9.17) is 9.47 Å². The van der Waals surface area contributed by atoms with E-state index >= 15 is 0 Å². The highest BCUT2D eigenvalue weighted by molar-refractivity contribution is 5.82. The molecule has 2 atom stereocenters. The smallest absolute Gasteiger partial charge is 0.239 e. The van der Waals surface area contributed by atoms with Gasteiger partial charge >= 0.3 is 0 Å². The number of fused-ring (bicyclic) bond motifs is 1. The number of piperazine rings is 1. The van der Waals surface area contributed by atoms with Crippen molar-refractivity contribution in [3.05, 3.63) is 24.3 Å². The fraction of sp³-hybridized carbons (Fsp3) is 0.611. The van der Waals surface area contributed by atoms with Crippen molar-refractivity contribution in [1.82, 2.24) is 15.1 Å². The van der Waals surface area contributed by atoms with Crippen LogP contribution >= 0.6 is 0 Å². The Morgan fingerprint density at radius 1 is 1.17 bits per heavy atom. The molecule has 24 heavy (non-hydrogen) atoms. The number of hydrogen-bond acceptors (Lipinski definition) is 5. The highest BCUT2D eigenvalue weighted by atomic mass is 16.6. The summed E-state index contributed by atoms with van der Waals surface area (Å²) in [4.78, 5) is 16.8. The summed E-state index contributed by atoms with van der Waals surface area (Å²) in [5, 5.41) is 3.30. The molecule has 2 saturated heterocycles. The quantitative estimate of drug-likeness (QED) is 0.885. The second kappa shape index (κ2) is 6.99. The summed E-state index contributed by atoms with van der Waals surface area (Å²) in [6.07, 6.45) is 2.14. The Morgan fingerprint density at radius 3 is 2.71 bits per heavy atom. The maximum absolute atomic E-state index is 12.4. The van der Waals surface area contributed by atoms with Gasteiger partial charge in [0.1, 0.15) is 12.7 Å². The molecule has 0 aromatic heterocycles. The normalized spacial score (nSPS) is 27.2. The van der Waals surface area contributed by atoms with Crippen molar-refractivity contribution < 1.29 is 14.3 Å². The minimum Gasteiger partial charge on any atom is -0.486 e. The molecule has 3 heterocycles. The first-order valence-corrected chi connectivity index (χ1v) is 8.92. The van der Waals surface area contributed by atoms with E-state index in [-0.39, 0.29) is 18.1 Å². The molecule has 1 aromatic carbocycles. The van der Waals surface area contributed by atoms with Gasteiger partial charge in [-0.15, -0.1) is 0 Å². The molecule has 6 nitrogen and oxygen atoms in total. The molecule has 2 fully saturated rings. The van der Waals surface area contributed by atoms with Crippen molar-refractivity contribution in [2.24, 2.45) is 0 Å². The summed E-state index contributed by atoms with van der Waals surface area (Å²) in [7, 11) is 0. The molecule has 0 spiro atoms. The first kappa shape index (κ1) is 15.7. The van der Waals surface area contributed by atoms with E-state index < -0.39 is 0 Å². The molecular weight excluding hydrogens is 306 g/mol. The molecule has 3 aliphatic heterocycles. The van der Waals surface area contributed by atoms with Crippen molar-refractivity contribution in [1.29, 1.82) is 0 Å². The number of carbonyl (C=O) groups is 1. The summed E-state index contributed by atoms with van der Waals surface area (Å²) in [6.45, 7) is 5.82. The molecule has 130 valence electrons. The van der Waals surface area contributed by atoms with Crippen LogP contribution in [0.5, 0.6) is 11.5 Å². The molecule has 1 aromatic rings. The lowest BCUT2D eigenvalue weighted by atomic mass is 10.2. The number of hydrogen-bond donors (Lipinski definition) is 1. The van der Waals surface area contributed by atoms with Gasteiger partial charge in [-0.05, 0) is 31.5 Å². The van der Waals surface area contributed by atoms with Gasteiger partial charge in [-0.25, -0.2) is 0 Å². The summed E-state index contributed by atoms with van der Waals surface area (Å²) < 4.78 is 11.8. The standard InChI is InChI=1S/C18H25N3O3/c22-18(15-4-3-7-19-15)21-10-8-20(9-11-21)12-14-13-23-16-5-1-2-6-17(16)24-14/h1-2,5-6,14-15,19H,3-4,7-13H2. The predicted octanol–water partition coefficient (Wildman–Crippen LogP) is 0.723. The molecule has 4 rings (SSSR count). The van der Waals surface area contributed by atoms with E-state index in [2.05, 4.69) is 10.2 Å². The predicted molar refractivity (Wildman–Crippen MR) is 90.4 cm³/mol. The number of benzene rings is 1. The maximum Gasteiger partial charge on any atom is 0.239 e. The molecule has 6 heteroatoms. The third kappa shape index (κ3) is 3.35. The summed E-state index contributed by atoms with van der Waals surface area (Å²) in [6, 6.07) is 7.85. The lowest BCUT2D eigenvalue weighted by Crippen LogP contribution is -2.54. The van der Waals surface area contributed by atoms with Gasteiger partial charge < -0.3 is 19.7 Å². The Kier molecular flexibility index (Phi) is 4.58. The summed E-state index contributed by atoms with van der Waals surface area (Å²) in [5.41, 5.74) is 0. The second-order valence-corrected chi connectivity index (χ2v) is 6.77. The Balaban J connectivity index is 1.26. The molecule has 0 bridgehead atoms. The Hall–Kier alpha value is -1.79. The fourth-order valence-corrected chi connectivity index (χ4v) is 3.71. The molecule has 1 N–H and O–H groups in total. The SMILES string of the molecule is O=C(C1CCCN1)N1CCN(CC2COc3ccccc3O2)CC1. The van der Waals surface area contributed by atoms with Crippen LogP contribution < -0.4 is 14.8 Å². The van der Waals surface area contributed by atoms with Crippen LogP contribution in [-0.4, -0.2) is 73.7 Å². The topological polar surface area (TPSA) is 54.0 Å². The van der Waals surface area contributed by atoms with Crippen LogP contribution in [0.1, 0.15) is 12.8 Å². The molecule has 2 unspecified atom stereocenters. The van der Waals surface area contributed by atoms with Gasteiger partial charge in [0.05, 0.1) is 6.04 Å². The minimum atomic E-state index is 0.0446. The zero-order valence-corrected chi connectivity index (χ0v) is 13.9. The highest BCUT2D eigenvalue weighted by Crippen LogP contribution is 2.31. The van der Waals surface area contributed by atoms with Crippen LogP contribution in [0.3, 0.4) is 0 Å². The maximum atomic E-state index is 12.4. The van der Waals surface area contributed by atoms with Gasteiger partial charge in [0.15, 0.2) is 11.5 Å². The van der Waals surface area contributed by atoms with Gasteiger partial charge in [-0.3, -0.25) is 9.69 Å². The zero-order valence-electron chi connectivity index (χ0n) is 13.9. The average Bonchev–Trinajstić information content (AvgIpc) is 3.16. The average molecular weight is 331 g/mol. The molecule has 3 aliphatic rings. The van der Waals surface area contributed by atoms with E-state index in [1.165, 1.54) is 0 Å².